The largest absolute Gasteiger partial charge is 0.462 e. The lowest BCUT2D eigenvalue weighted by molar-refractivity contribution is 0.0531. The van der Waals surface area contributed by atoms with Crippen LogP contribution in [0.5, 0.6) is 0 Å². The predicted molar refractivity (Wildman–Crippen MR) is 86.5 cm³/mol. The molecule has 0 spiro atoms. The minimum Gasteiger partial charge on any atom is -0.462 e. The second kappa shape index (κ2) is 6.72. The summed E-state index contributed by atoms with van der Waals surface area (Å²) < 4.78 is 5.15. The monoisotopic (exact) mass is 304 g/mol. The summed E-state index contributed by atoms with van der Waals surface area (Å²) in [4.78, 5) is 17.1. The number of thiophene rings is 1. The van der Waals surface area contributed by atoms with Crippen molar-refractivity contribution < 1.29 is 9.53 Å². The lowest BCUT2D eigenvalue weighted by Crippen LogP contribution is -2.07. The Morgan fingerprint density at radius 3 is 2.76 bits per heavy atom. The molecule has 5 heteroatoms. The fourth-order valence-corrected chi connectivity index (χ4v) is 3.24. The van der Waals surface area contributed by atoms with Gasteiger partial charge in [0.15, 0.2) is 0 Å². The summed E-state index contributed by atoms with van der Waals surface area (Å²) in [6.45, 7) is 6.39. The molecular formula is C16H20N2O2S. The lowest BCUT2D eigenvalue weighted by atomic mass is 9.97. The Morgan fingerprint density at radius 1 is 1.43 bits per heavy atom. The second-order valence-corrected chi connectivity index (χ2v) is 6.23. The normalized spacial score (nSPS) is 10.9. The van der Waals surface area contributed by atoms with Crippen molar-refractivity contribution in [2.45, 2.75) is 27.2 Å². The van der Waals surface area contributed by atoms with Gasteiger partial charge < -0.3 is 10.5 Å². The molecule has 0 saturated heterocycles. The zero-order chi connectivity index (χ0) is 15.4. The third kappa shape index (κ3) is 3.42. The maximum absolute atomic E-state index is 12.2. The van der Waals surface area contributed by atoms with Gasteiger partial charge in [-0.05, 0) is 37.0 Å². The van der Waals surface area contributed by atoms with Gasteiger partial charge in [-0.1, -0.05) is 19.9 Å². The van der Waals surface area contributed by atoms with E-state index in [9.17, 15) is 4.79 Å². The first-order valence-electron chi connectivity index (χ1n) is 7.04. The van der Waals surface area contributed by atoms with Gasteiger partial charge in [-0.15, -0.1) is 11.3 Å². The van der Waals surface area contributed by atoms with Crippen LogP contribution in [0.25, 0.3) is 11.3 Å². The number of anilines is 1. The van der Waals surface area contributed by atoms with Gasteiger partial charge in [-0.2, -0.15) is 0 Å². The molecule has 0 radical (unpaired) electrons. The van der Waals surface area contributed by atoms with E-state index >= 15 is 0 Å². The molecule has 0 fully saturated rings. The summed E-state index contributed by atoms with van der Waals surface area (Å²) in [6.07, 6.45) is 2.50. The molecule has 2 aromatic rings. The summed E-state index contributed by atoms with van der Waals surface area (Å²) in [7, 11) is 0. The number of aromatic nitrogens is 1. The molecule has 2 aromatic heterocycles. The fourth-order valence-electron chi connectivity index (χ4n) is 2.24. The molecule has 0 atom stereocenters. The number of nitrogens with two attached hydrogens (primary N) is 1. The van der Waals surface area contributed by atoms with Crippen LogP contribution in [0.1, 0.15) is 36.0 Å². The van der Waals surface area contributed by atoms with Crippen molar-refractivity contribution in [2.24, 2.45) is 5.92 Å². The predicted octanol–water partition coefficient (Wildman–Crippen LogP) is 3.77. The minimum absolute atomic E-state index is 0.299. The average Bonchev–Trinajstić information content (AvgIpc) is 2.76. The topological polar surface area (TPSA) is 65.2 Å². The maximum atomic E-state index is 12.2. The highest BCUT2D eigenvalue weighted by Crippen LogP contribution is 2.39. The van der Waals surface area contributed by atoms with Gasteiger partial charge in [-0.3, -0.25) is 4.98 Å². The van der Waals surface area contributed by atoms with Gasteiger partial charge in [0, 0.05) is 11.8 Å². The number of pyridine rings is 1. The molecular weight excluding hydrogens is 284 g/mol. The van der Waals surface area contributed by atoms with E-state index < -0.39 is 0 Å². The number of nitrogens with zero attached hydrogens (tertiary/aromatic N) is 1. The Balaban J connectivity index is 2.56. The van der Waals surface area contributed by atoms with Crippen molar-refractivity contribution in [2.75, 3.05) is 12.3 Å². The van der Waals surface area contributed by atoms with E-state index in [0.717, 1.165) is 23.2 Å². The van der Waals surface area contributed by atoms with Gasteiger partial charge in [0.25, 0.3) is 0 Å². The quantitative estimate of drug-likeness (QED) is 0.854. The highest BCUT2D eigenvalue weighted by molar-refractivity contribution is 7.18. The molecule has 0 aromatic carbocycles. The molecule has 0 aliphatic heterocycles. The Hall–Kier alpha value is -1.88. The molecule has 2 heterocycles. The molecule has 2 rings (SSSR count). The molecule has 21 heavy (non-hydrogen) atoms. The molecule has 4 nitrogen and oxygen atoms in total. The highest BCUT2D eigenvalue weighted by Gasteiger charge is 2.24. The van der Waals surface area contributed by atoms with E-state index in [0.29, 0.717) is 22.4 Å². The summed E-state index contributed by atoms with van der Waals surface area (Å²) in [5, 5.41) is 0.618. The number of rotatable bonds is 5. The summed E-state index contributed by atoms with van der Waals surface area (Å²) in [6, 6.07) is 5.69. The molecule has 0 saturated carbocycles. The molecule has 2 N–H and O–H groups in total. The molecule has 0 aliphatic rings. The van der Waals surface area contributed by atoms with Crippen LogP contribution in [-0.4, -0.2) is 17.6 Å². The van der Waals surface area contributed by atoms with Crippen molar-refractivity contribution >= 4 is 22.3 Å². The van der Waals surface area contributed by atoms with Crippen LogP contribution in [0.15, 0.2) is 24.4 Å². The third-order valence-electron chi connectivity index (χ3n) is 3.03. The van der Waals surface area contributed by atoms with E-state index in [1.165, 1.54) is 11.3 Å². The second-order valence-electron chi connectivity index (χ2n) is 5.18. The number of carbonyl (C=O) groups is 1. The van der Waals surface area contributed by atoms with Crippen molar-refractivity contribution in [3.8, 4) is 11.3 Å². The maximum Gasteiger partial charge on any atom is 0.348 e. The third-order valence-corrected chi connectivity index (χ3v) is 4.07. The Bertz CT molecular complexity index is 621. The number of hydrogen-bond acceptors (Lipinski definition) is 5. The zero-order valence-corrected chi connectivity index (χ0v) is 13.4. The number of carbonyl (C=O) groups excluding carboxylic acids is 1. The first-order valence-corrected chi connectivity index (χ1v) is 7.85. The van der Waals surface area contributed by atoms with Crippen molar-refractivity contribution in [1.29, 1.82) is 0 Å². The van der Waals surface area contributed by atoms with Crippen LogP contribution in [0.3, 0.4) is 0 Å². The van der Waals surface area contributed by atoms with Crippen LogP contribution in [0, 0.1) is 5.92 Å². The smallest absolute Gasteiger partial charge is 0.348 e. The molecule has 0 unspecified atom stereocenters. The fraction of sp³-hybridized carbons (Fsp3) is 0.375. The van der Waals surface area contributed by atoms with E-state index in [-0.39, 0.29) is 5.97 Å². The van der Waals surface area contributed by atoms with Crippen LogP contribution in [0.4, 0.5) is 5.00 Å². The van der Waals surface area contributed by atoms with Crippen LogP contribution in [0.2, 0.25) is 0 Å². The lowest BCUT2D eigenvalue weighted by Gasteiger charge is -2.10. The van der Waals surface area contributed by atoms with E-state index in [1.807, 2.05) is 18.2 Å². The number of esters is 1. The summed E-state index contributed by atoms with van der Waals surface area (Å²) in [5.41, 5.74) is 8.78. The van der Waals surface area contributed by atoms with Gasteiger partial charge in [-0.25, -0.2) is 4.79 Å². The van der Waals surface area contributed by atoms with Crippen LogP contribution < -0.4 is 5.73 Å². The molecule has 0 amide bonds. The summed E-state index contributed by atoms with van der Waals surface area (Å²) in [5.74, 6) is 0.113. The summed E-state index contributed by atoms with van der Waals surface area (Å²) >= 11 is 1.29. The average molecular weight is 304 g/mol. The van der Waals surface area contributed by atoms with Crippen LogP contribution >= 0.6 is 11.3 Å². The van der Waals surface area contributed by atoms with Gasteiger partial charge >= 0.3 is 5.97 Å². The van der Waals surface area contributed by atoms with E-state index in [2.05, 4.69) is 18.8 Å². The first-order chi connectivity index (χ1) is 10.0. The minimum atomic E-state index is -0.299. The number of nitrogen functional groups attached to an aromatic ring is 1. The Morgan fingerprint density at radius 2 is 2.19 bits per heavy atom. The zero-order valence-electron chi connectivity index (χ0n) is 12.6. The molecule has 112 valence electrons. The highest BCUT2D eigenvalue weighted by atomic mass is 32.1. The van der Waals surface area contributed by atoms with Crippen molar-refractivity contribution in [3.63, 3.8) is 0 Å². The van der Waals surface area contributed by atoms with Gasteiger partial charge in [0.1, 0.15) is 4.88 Å². The van der Waals surface area contributed by atoms with Crippen molar-refractivity contribution in [3.05, 3.63) is 34.8 Å². The van der Waals surface area contributed by atoms with Crippen molar-refractivity contribution in [1.82, 2.24) is 4.98 Å². The Kier molecular flexibility index (Phi) is 4.96. The Labute approximate surface area is 129 Å². The SMILES string of the molecule is CCOC(=O)c1sc(N)c(-c2ccccn2)c1CC(C)C. The first kappa shape index (κ1) is 15.5. The van der Waals surface area contributed by atoms with E-state index in [4.69, 9.17) is 10.5 Å². The molecule has 0 aliphatic carbocycles. The number of hydrogen-bond donors (Lipinski definition) is 1. The van der Waals surface area contributed by atoms with Gasteiger partial charge in [0.2, 0.25) is 0 Å². The number of ether oxygens (including phenoxy) is 1. The van der Waals surface area contributed by atoms with Crippen LogP contribution in [-0.2, 0) is 11.2 Å². The van der Waals surface area contributed by atoms with E-state index in [1.54, 1.807) is 13.1 Å². The van der Waals surface area contributed by atoms with Gasteiger partial charge in [0.05, 0.1) is 17.3 Å². The standard InChI is InChI=1S/C16H20N2O2S/c1-4-20-16(19)14-11(9-10(2)3)13(15(17)21-14)12-7-5-6-8-18-12/h5-8,10H,4,9,17H2,1-3H3. The molecule has 0 bridgehead atoms.